The first-order valence-electron chi connectivity index (χ1n) is 13.2. The highest BCUT2D eigenvalue weighted by Crippen LogP contribution is 2.27. The van der Waals surface area contributed by atoms with Gasteiger partial charge in [0.25, 0.3) is 5.56 Å². The van der Waals surface area contributed by atoms with Gasteiger partial charge in [-0.15, -0.1) is 0 Å². The summed E-state index contributed by atoms with van der Waals surface area (Å²) in [7, 11) is 1.60. The number of para-hydroxylation sites is 1. The summed E-state index contributed by atoms with van der Waals surface area (Å²) in [4.78, 5) is 34.0. The number of hydrogen-bond donors (Lipinski definition) is 0. The van der Waals surface area contributed by atoms with Gasteiger partial charge < -0.3 is 19.1 Å². The highest BCUT2D eigenvalue weighted by atomic mass is 16.5. The Labute approximate surface area is 228 Å². The number of benzene rings is 3. The number of amides is 1. The monoisotopic (exact) mass is 529 g/mol. The predicted octanol–water partition coefficient (Wildman–Crippen LogP) is 4.93. The molecular weight excluding hydrogens is 494 g/mol. The first-order chi connectivity index (χ1) is 19.1. The van der Waals surface area contributed by atoms with Crippen molar-refractivity contribution in [2.24, 2.45) is 0 Å². The molecule has 0 aliphatic rings. The van der Waals surface area contributed by atoms with E-state index in [9.17, 15) is 9.59 Å². The van der Waals surface area contributed by atoms with E-state index in [-0.39, 0.29) is 18.1 Å². The Bertz CT molecular complexity index is 1420. The minimum Gasteiger partial charge on any atom is -0.494 e. The molecule has 0 fully saturated rings. The Balaban J connectivity index is 1.74. The van der Waals surface area contributed by atoms with Gasteiger partial charge in [-0.05, 0) is 55.3 Å². The van der Waals surface area contributed by atoms with Gasteiger partial charge >= 0.3 is 0 Å². The smallest absolute Gasteiger partial charge is 0.266 e. The van der Waals surface area contributed by atoms with Gasteiger partial charge in [0, 0.05) is 13.7 Å². The van der Waals surface area contributed by atoms with Gasteiger partial charge in [-0.3, -0.25) is 14.2 Å². The fourth-order valence-corrected chi connectivity index (χ4v) is 4.58. The van der Waals surface area contributed by atoms with E-state index in [4.69, 9.17) is 19.2 Å². The Kier molecular flexibility index (Phi) is 9.83. The zero-order valence-electron chi connectivity index (χ0n) is 22.7. The number of ether oxygens (including phenoxy) is 3. The van der Waals surface area contributed by atoms with Gasteiger partial charge in [0.05, 0.1) is 42.5 Å². The predicted molar refractivity (Wildman–Crippen MR) is 151 cm³/mol. The zero-order chi connectivity index (χ0) is 27.6. The topological polar surface area (TPSA) is 82.9 Å². The lowest BCUT2D eigenvalue weighted by atomic mass is 10.1. The van der Waals surface area contributed by atoms with Crippen molar-refractivity contribution in [3.63, 3.8) is 0 Å². The molecule has 4 rings (SSSR count). The van der Waals surface area contributed by atoms with Crippen molar-refractivity contribution >= 4 is 16.8 Å². The summed E-state index contributed by atoms with van der Waals surface area (Å²) in [6.07, 6.45) is 0.538. The Morgan fingerprint density at radius 1 is 0.974 bits per heavy atom. The van der Waals surface area contributed by atoms with E-state index in [1.165, 1.54) is 0 Å². The van der Waals surface area contributed by atoms with Gasteiger partial charge in [-0.1, -0.05) is 49.4 Å². The van der Waals surface area contributed by atoms with Crippen LogP contribution in [0.1, 0.15) is 37.7 Å². The number of aromatic nitrogens is 2. The number of carbonyl (C=O) groups is 1. The SMILES string of the molecule is CCOc1ccc(-n2c(C(CC)N(CCOC)C(=O)COCc3ccccc3)nc3ccccc3c2=O)cc1. The van der Waals surface area contributed by atoms with Gasteiger partial charge in [-0.2, -0.15) is 0 Å². The van der Waals surface area contributed by atoms with Gasteiger partial charge in [0.15, 0.2) is 0 Å². The number of fused-ring (bicyclic) bond motifs is 1. The number of rotatable bonds is 13. The first-order valence-corrected chi connectivity index (χ1v) is 13.2. The molecule has 0 aliphatic carbocycles. The summed E-state index contributed by atoms with van der Waals surface area (Å²) >= 11 is 0. The Morgan fingerprint density at radius 3 is 2.38 bits per heavy atom. The summed E-state index contributed by atoms with van der Waals surface area (Å²) in [5.41, 5.74) is 2.02. The van der Waals surface area contributed by atoms with Crippen LogP contribution in [0.15, 0.2) is 83.7 Å². The fraction of sp³-hybridized carbons (Fsp3) is 0.323. The summed E-state index contributed by atoms with van der Waals surface area (Å²) in [6, 6.07) is 23.8. The van der Waals surface area contributed by atoms with E-state index in [0.717, 1.165) is 5.56 Å². The highest BCUT2D eigenvalue weighted by Gasteiger charge is 2.29. The third-order valence-electron chi connectivity index (χ3n) is 6.46. The molecule has 0 N–H and O–H groups in total. The van der Waals surface area contributed by atoms with Crippen LogP contribution >= 0.6 is 0 Å². The molecule has 1 amide bonds. The quantitative estimate of drug-likeness (QED) is 0.244. The van der Waals surface area contributed by atoms with Crippen LogP contribution in [-0.2, 0) is 20.9 Å². The molecule has 0 radical (unpaired) electrons. The summed E-state index contributed by atoms with van der Waals surface area (Å²) in [6.45, 7) is 5.33. The molecule has 204 valence electrons. The molecule has 8 heteroatoms. The summed E-state index contributed by atoms with van der Waals surface area (Å²) in [5.74, 6) is 0.998. The van der Waals surface area contributed by atoms with Gasteiger partial charge in [0.1, 0.15) is 18.2 Å². The lowest BCUT2D eigenvalue weighted by Crippen LogP contribution is -2.42. The van der Waals surface area contributed by atoms with Crippen molar-refractivity contribution in [2.75, 3.05) is 33.5 Å². The van der Waals surface area contributed by atoms with E-state index in [1.54, 1.807) is 22.6 Å². The molecule has 0 saturated heterocycles. The van der Waals surface area contributed by atoms with Crippen LogP contribution in [0.5, 0.6) is 5.75 Å². The molecule has 0 saturated carbocycles. The van der Waals surface area contributed by atoms with E-state index in [2.05, 4.69) is 0 Å². The molecule has 0 bridgehead atoms. The largest absolute Gasteiger partial charge is 0.494 e. The van der Waals surface area contributed by atoms with Gasteiger partial charge in [0.2, 0.25) is 5.91 Å². The molecule has 1 atom stereocenters. The van der Waals surface area contributed by atoms with E-state index in [1.807, 2.05) is 86.6 Å². The molecule has 1 heterocycles. The third-order valence-corrected chi connectivity index (χ3v) is 6.46. The van der Waals surface area contributed by atoms with Crippen LogP contribution in [0.2, 0.25) is 0 Å². The molecule has 8 nitrogen and oxygen atoms in total. The van der Waals surface area contributed by atoms with Crippen LogP contribution in [0.3, 0.4) is 0 Å². The number of carbonyl (C=O) groups excluding carboxylic acids is 1. The van der Waals surface area contributed by atoms with Crippen molar-refractivity contribution in [1.29, 1.82) is 0 Å². The highest BCUT2D eigenvalue weighted by molar-refractivity contribution is 5.79. The van der Waals surface area contributed by atoms with Crippen LogP contribution < -0.4 is 10.3 Å². The minimum absolute atomic E-state index is 0.101. The first kappa shape index (κ1) is 28.0. The normalized spacial score (nSPS) is 11.9. The zero-order valence-corrected chi connectivity index (χ0v) is 22.7. The number of nitrogens with zero attached hydrogens (tertiary/aromatic N) is 3. The van der Waals surface area contributed by atoms with Crippen LogP contribution in [0.25, 0.3) is 16.6 Å². The van der Waals surface area contributed by atoms with Crippen molar-refractivity contribution in [3.8, 4) is 11.4 Å². The second-order valence-corrected chi connectivity index (χ2v) is 9.04. The van der Waals surface area contributed by atoms with E-state index in [0.29, 0.717) is 61.0 Å². The van der Waals surface area contributed by atoms with E-state index < -0.39 is 6.04 Å². The maximum absolute atomic E-state index is 13.9. The average molecular weight is 530 g/mol. The van der Waals surface area contributed by atoms with Crippen molar-refractivity contribution in [3.05, 3.63) is 101 Å². The third kappa shape index (κ3) is 6.71. The molecule has 39 heavy (non-hydrogen) atoms. The van der Waals surface area contributed by atoms with Crippen LogP contribution in [-0.4, -0.2) is 53.8 Å². The molecule has 0 spiro atoms. The molecule has 1 aromatic heterocycles. The lowest BCUT2D eigenvalue weighted by molar-refractivity contribution is -0.140. The standard InChI is InChI=1S/C31H35N3O5/c1-4-28(33(19-20-37-3)29(35)22-38-21-23-11-7-6-8-12-23)30-32-27-14-10-9-13-26(27)31(36)34(30)24-15-17-25(18-16-24)39-5-2/h6-18,28H,4-5,19-22H2,1-3H3. The van der Waals surface area contributed by atoms with E-state index >= 15 is 0 Å². The summed E-state index contributed by atoms with van der Waals surface area (Å²) < 4.78 is 18.3. The van der Waals surface area contributed by atoms with Crippen LogP contribution in [0.4, 0.5) is 0 Å². The fourth-order valence-electron chi connectivity index (χ4n) is 4.58. The van der Waals surface area contributed by atoms with Crippen molar-refractivity contribution < 1.29 is 19.0 Å². The Hall–Kier alpha value is -4.01. The summed E-state index contributed by atoms with van der Waals surface area (Å²) in [5, 5.41) is 0.506. The molecule has 0 aliphatic heterocycles. The van der Waals surface area contributed by atoms with Crippen molar-refractivity contribution in [2.45, 2.75) is 32.9 Å². The molecular formula is C31H35N3O5. The second-order valence-electron chi connectivity index (χ2n) is 9.04. The lowest BCUT2D eigenvalue weighted by Gasteiger charge is -2.32. The maximum atomic E-state index is 13.9. The molecule has 4 aromatic rings. The molecule has 3 aromatic carbocycles. The number of methoxy groups -OCH3 is 1. The van der Waals surface area contributed by atoms with Gasteiger partial charge in [-0.25, -0.2) is 4.98 Å². The Morgan fingerprint density at radius 2 is 1.69 bits per heavy atom. The molecule has 1 unspecified atom stereocenters. The van der Waals surface area contributed by atoms with Crippen LogP contribution in [0, 0.1) is 0 Å². The number of hydrogen-bond acceptors (Lipinski definition) is 6. The maximum Gasteiger partial charge on any atom is 0.266 e. The average Bonchev–Trinajstić information content (AvgIpc) is 2.96. The second kappa shape index (κ2) is 13.7. The minimum atomic E-state index is -0.489. The van der Waals surface area contributed by atoms with Crippen molar-refractivity contribution in [1.82, 2.24) is 14.5 Å².